The molecule has 1 aliphatic rings. The second-order valence-corrected chi connectivity index (χ2v) is 10.1. The monoisotopic (exact) mass is 709 g/mol. The Labute approximate surface area is 285 Å². The van der Waals surface area contributed by atoms with Crippen LogP contribution in [0.25, 0.3) is 11.1 Å². The highest BCUT2D eigenvalue weighted by Gasteiger charge is 2.29. The van der Waals surface area contributed by atoms with Crippen LogP contribution in [0.5, 0.6) is 0 Å². The van der Waals surface area contributed by atoms with Gasteiger partial charge in [-0.25, -0.2) is 9.59 Å². The molecule has 0 saturated carbocycles. The Hall–Kier alpha value is -5.83. The Morgan fingerprint density at radius 1 is 0.800 bits per heavy atom. The molecule has 2 aromatic carbocycles. The maximum absolute atomic E-state index is 12.2. The third-order valence-electron chi connectivity index (χ3n) is 6.32. The van der Waals surface area contributed by atoms with Gasteiger partial charge in [-0.3, -0.25) is 24.6 Å². The Morgan fingerprint density at radius 3 is 1.62 bits per heavy atom. The van der Waals surface area contributed by atoms with Gasteiger partial charge in [-0.15, -0.1) is 0 Å². The number of carboxylic acid groups (broad SMARTS) is 5. The number of rotatable bonds is 14. The molecular weight excluding hydrogens is 666 g/mol. The van der Waals surface area contributed by atoms with Crippen molar-refractivity contribution in [3.05, 3.63) is 59.7 Å². The van der Waals surface area contributed by atoms with E-state index in [0.29, 0.717) is 13.0 Å². The van der Waals surface area contributed by atoms with Gasteiger partial charge in [0.05, 0.1) is 19.6 Å². The molecule has 0 bridgehead atoms. The molecule has 50 heavy (non-hydrogen) atoms. The van der Waals surface area contributed by atoms with Crippen molar-refractivity contribution in [3.8, 4) is 11.1 Å². The molecule has 0 aliphatic heterocycles. The highest BCUT2D eigenvalue weighted by atomic mass is 16.5. The van der Waals surface area contributed by atoms with E-state index in [2.05, 4.69) is 16.4 Å². The fourth-order valence-electron chi connectivity index (χ4n) is 3.92. The van der Waals surface area contributed by atoms with Crippen LogP contribution in [0.4, 0.5) is 4.79 Å². The zero-order chi connectivity index (χ0) is 38.4. The van der Waals surface area contributed by atoms with E-state index in [-0.39, 0.29) is 31.4 Å². The van der Waals surface area contributed by atoms with Crippen molar-refractivity contribution < 1.29 is 64.1 Å². The fourth-order valence-corrected chi connectivity index (χ4v) is 3.92. The molecule has 3 unspecified atom stereocenters. The zero-order valence-electron chi connectivity index (χ0n) is 26.7. The van der Waals surface area contributed by atoms with Crippen molar-refractivity contribution in [2.45, 2.75) is 43.3 Å². The zero-order valence-corrected chi connectivity index (χ0v) is 26.7. The van der Waals surface area contributed by atoms with Gasteiger partial charge in [0.25, 0.3) is 0 Å². The molecule has 1 aliphatic carbocycles. The molecule has 0 aromatic heterocycles. The van der Waals surface area contributed by atoms with Crippen molar-refractivity contribution >= 4 is 41.9 Å². The number of hydrogen-bond donors (Lipinski definition) is 13. The number of nitrogens with two attached hydrogens (primary N) is 4. The van der Waals surface area contributed by atoms with E-state index in [1.54, 1.807) is 0 Å². The predicted molar refractivity (Wildman–Crippen MR) is 176 cm³/mol. The van der Waals surface area contributed by atoms with Crippen molar-refractivity contribution in [2.75, 3.05) is 26.3 Å². The summed E-state index contributed by atoms with van der Waals surface area (Å²) in [7, 11) is 0. The maximum atomic E-state index is 12.2. The minimum atomic E-state index is -1.29. The number of fused-ring (bicyclic) bond motifs is 3. The lowest BCUT2D eigenvalue weighted by molar-refractivity contribution is -0.144. The molecule has 0 fully saturated rings. The molecule has 0 radical (unpaired) electrons. The summed E-state index contributed by atoms with van der Waals surface area (Å²) >= 11 is 0. The lowest BCUT2D eigenvalue weighted by atomic mass is 9.98. The highest BCUT2D eigenvalue weighted by molar-refractivity contribution is 5.81. The molecule has 1 amide bonds. The molecule has 3 atom stereocenters. The topological polar surface area (TPSA) is 385 Å². The summed E-state index contributed by atoms with van der Waals surface area (Å²) in [6.07, 6.45) is -0.672. The summed E-state index contributed by atoms with van der Waals surface area (Å²) in [5, 5.41) is 60.9. The number of aliphatic carboxylic acids is 5. The number of carbonyl (C=O) groups is 6. The first kappa shape index (κ1) is 44.2. The normalized spacial score (nSPS) is 12.5. The number of amides is 1. The molecule has 0 saturated heterocycles. The van der Waals surface area contributed by atoms with Crippen LogP contribution in [0.1, 0.15) is 36.3 Å². The first-order chi connectivity index (χ1) is 23.5. The minimum absolute atomic E-state index is 0.0869. The molecule has 20 nitrogen and oxygen atoms in total. The third-order valence-corrected chi connectivity index (χ3v) is 6.32. The first-order valence-corrected chi connectivity index (χ1v) is 14.6. The van der Waals surface area contributed by atoms with E-state index in [9.17, 15) is 33.9 Å². The van der Waals surface area contributed by atoms with Crippen molar-refractivity contribution in [2.24, 2.45) is 22.9 Å². The molecular formula is C30H43N7O13. The van der Waals surface area contributed by atoms with Crippen LogP contribution < -0.4 is 33.6 Å². The molecule has 276 valence electrons. The molecule has 0 spiro atoms. The van der Waals surface area contributed by atoms with Gasteiger partial charge in [0.1, 0.15) is 24.7 Å². The van der Waals surface area contributed by atoms with Gasteiger partial charge >= 0.3 is 35.9 Å². The van der Waals surface area contributed by atoms with Crippen LogP contribution >= 0.6 is 0 Å². The average Bonchev–Trinajstić information content (AvgIpc) is 3.38. The van der Waals surface area contributed by atoms with Crippen molar-refractivity contribution in [3.63, 3.8) is 0 Å². The maximum Gasteiger partial charge on any atom is 0.407 e. The SMILES string of the molecule is N=C(N)NCCCC(NC(=O)OCC1c2ccccc2-c2ccccc21)C(=O)O.NC(CC(=O)O)C(=O)O.NC(CO)C(=O)O.NCC(=O)O. The van der Waals surface area contributed by atoms with Crippen molar-refractivity contribution in [1.29, 1.82) is 5.41 Å². The quantitative estimate of drug-likeness (QED) is 0.0605. The summed E-state index contributed by atoms with van der Waals surface area (Å²) in [5.41, 5.74) is 23.8. The summed E-state index contributed by atoms with van der Waals surface area (Å²) < 4.78 is 5.38. The van der Waals surface area contributed by atoms with Crippen molar-refractivity contribution in [1.82, 2.24) is 10.6 Å². The second-order valence-electron chi connectivity index (χ2n) is 10.1. The summed E-state index contributed by atoms with van der Waals surface area (Å²) in [5.74, 6) is -6.05. The predicted octanol–water partition coefficient (Wildman–Crippen LogP) is -1.47. The van der Waals surface area contributed by atoms with Gasteiger partial charge in [0.2, 0.25) is 0 Å². The Bertz CT molecular complexity index is 1410. The number of benzene rings is 2. The number of nitrogens with one attached hydrogen (secondary N) is 3. The van der Waals surface area contributed by atoms with Crippen LogP contribution in [0.2, 0.25) is 0 Å². The largest absolute Gasteiger partial charge is 0.481 e. The first-order valence-electron chi connectivity index (χ1n) is 14.6. The molecule has 17 N–H and O–H groups in total. The van der Waals surface area contributed by atoms with E-state index < -0.39 is 67.1 Å². The van der Waals surface area contributed by atoms with Crippen LogP contribution in [-0.4, -0.2) is 117 Å². The van der Waals surface area contributed by atoms with E-state index in [4.69, 9.17) is 52.9 Å². The second kappa shape index (κ2) is 23.5. The fraction of sp³-hybridized carbons (Fsp3) is 0.367. The Kier molecular flexibility index (Phi) is 20.7. The number of ether oxygens (including phenoxy) is 1. The van der Waals surface area contributed by atoms with Crippen LogP contribution in [0.15, 0.2) is 48.5 Å². The molecule has 2 aromatic rings. The van der Waals surface area contributed by atoms with Crippen LogP contribution in [-0.2, 0) is 28.7 Å². The minimum Gasteiger partial charge on any atom is -0.481 e. The number of alkyl carbamates (subject to hydrolysis) is 1. The van der Waals surface area contributed by atoms with Gasteiger partial charge in [0.15, 0.2) is 5.96 Å². The number of aliphatic hydroxyl groups excluding tert-OH is 1. The molecule has 20 heteroatoms. The van der Waals surface area contributed by atoms with Gasteiger partial charge < -0.3 is 68.9 Å². The summed E-state index contributed by atoms with van der Waals surface area (Å²) in [6.45, 7) is -0.307. The van der Waals surface area contributed by atoms with Crippen LogP contribution in [0, 0.1) is 5.41 Å². The van der Waals surface area contributed by atoms with Gasteiger partial charge in [-0.2, -0.15) is 0 Å². The van der Waals surface area contributed by atoms with E-state index in [0.717, 1.165) is 22.3 Å². The lowest BCUT2D eigenvalue weighted by Crippen LogP contribution is -2.42. The number of guanidine groups is 1. The number of carboxylic acids is 5. The highest BCUT2D eigenvalue weighted by Crippen LogP contribution is 2.44. The number of hydrogen-bond acceptors (Lipinski definition) is 12. The van der Waals surface area contributed by atoms with E-state index >= 15 is 0 Å². The lowest BCUT2D eigenvalue weighted by Gasteiger charge is -2.17. The summed E-state index contributed by atoms with van der Waals surface area (Å²) in [4.78, 5) is 62.1. The molecule has 0 heterocycles. The summed E-state index contributed by atoms with van der Waals surface area (Å²) in [6, 6.07) is 12.5. The van der Waals surface area contributed by atoms with Gasteiger partial charge in [0, 0.05) is 12.5 Å². The Morgan fingerprint density at radius 2 is 1.28 bits per heavy atom. The van der Waals surface area contributed by atoms with Crippen LogP contribution in [0.3, 0.4) is 0 Å². The average molecular weight is 710 g/mol. The smallest absolute Gasteiger partial charge is 0.407 e. The van der Waals surface area contributed by atoms with E-state index in [1.165, 1.54) is 0 Å². The van der Waals surface area contributed by atoms with Gasteiger partial charge in [-0.1, -0.05) is 48.5 Å². The Balaban J connectivity index is 0.000000931. The van der Waals surface area contributed by atoms with E-state index in [1.807, 2.05) is 48.5 Å². The molecule has 3 rings (SSSR count). The number of aliphatic hydroxyl groups is 1. The third kappa shape index (κ3) is 17.4. The number of carbonyl (C=O) groups excluding carboxylic acids is 1. The standard InChI is InChI=1S/C21H24N4O4.C4H7NO4.C3H7NO3.C2H5NO2/c22-20(23)24-11-5-10-18(19(26)27)25-21(28)29-12-17-15-8-3-1-6-13(15)14-7-2-4-9-16(14)17;5-2(4(8)9)1-3(6)7;4-2(1-5)3(6)7;3-1-2(4)5/h1-4,6-9,17-18H,5,10-12H2,(H,25,28)(H,26,27)(H4,22,23,24);2H,1,5H2,(H,6,7)(H,8,9);2,5H,1,4H2,(H,6,7);1,3H2,(H,4,5). The van der Waals surface area contributed by atoms with Gasteiger partial charge in [-0.05, 0) is 35.1 Å².